The van der Waals surface area contributed by atoms with E-state index in [-0.39, 0.29) is 24.4 Å². The highest BCUT2D eigenvalue weighted by Gasteiger charge is 2.26. The van der Waals surface area contributed by atoms with Crippen molar-refractivity contribution >= 4 is 29.7 Å². The smallest absolute Gasteiger partial charge is 0.220 e. The second-order valence-corrected chi connectivity index (χ2v) is 8.50. The van der Waals surface area contributed by atoms with E-state index in [1.807, 2.05) is 24.3 Å². The number of ether oxygens (including phenoxy) is 1. The minimum Gasteiger partial charge on any atom is -0.497 e. The van der Waals surface area contributed by atoms with Crippen LogP contribution in [0.15, 0.2) is 24.3 Å². The molecule has 152 valence electrons. The summed E-state index contributed by atoms with van der Waals surface area (Å²) in [5.41, 5.74) is 2.26. The Hall–Kier alpha value is -1.63. The van der Waals surface area contributed by atoms with Gasteiger partial charge in [0.05, 0.1) is 23.7 Å². The lowest BCUT2D eigenvalue weighted by atomic mass is 9.97. The number of thiazole rings is 1. The minimum atomic E-state index is 0. The van der Waals surface area contributed by atoms with Gasteiger partial charge < -0.3 is 15.4 Å². The SMILES string of the molecule is COc1ccc(-c2nc3c(s2)C(NC(=O)CCC2CCNC2)CCC3)cc1.Cl. The average Bonchev–Trinajstić information content (AvgIpc) is 3.36. The van der Waals surface area contributed by atoms with Crippen LogP contribution in [0.2, 0.25) is 0 Å². The van der Waals surface area contributed by atoms with Gasteiger partial charge in [0, 0.05) is 12.0 Å². The summed E-state index contributed by atoms with van der Waals surface area (Å²) in [5.74, 6) is 1.68. The van der Waals surface area contributed by atoms with E-state index in [0.717, 1.165) is 60.8 Å². The Bertz CT molecular complexity index is 787. The van der Waals surface area contributed by atoms with Gasteiger partial charge in [-0.3, -0.25) is 4.79 Å². The molecular formula is C21H28ClN3O2S. The highest BCUT2D eigenvalue weighted by molar-refractivity contribution is 7.15. The summed E-state index contributed by atoms with van der Waals surface area (Å²) in [7, 11) is 1.67. The molecule has 1 aliphatic heterocycles. The molecule has 2 atom stereocenters. The third kappa shape index (κ3) is 4.85. The van der Waals surface area contributed by atoms with Gasteiger partial charge in [-0.2, -0.15) is 0 Å². The average molecular weight is 422 g/mol. The first-order valence-electron chi connectivity index (χ1n) is 9.87. The number of benzene rings is 1. The van der Waals surface area contributed by atoms with Crippen LogP contribution in [0.1, 0.15) is 48.7 Å². The lowest BCUT2D eigenvalue weighted by molar-refractivity contribution is -0.122. The number of methoxy groups -OCH3 is 1. The van der Waals surface area contributed by atoms with Crippen LogP contribution < -0.4 is 15.4 Å². The maximum Gasteiger partial charge on any atom is 0.220 e. The van der Waals surface area contributed by atoms with Crippen molar-refractivity contribution in [3.63, 3.8) is 0 Å². The zero-order valence-corrected chi connectivity index (χ0v) is 17.8. The number of hydrogen-bond acceptors (Lipinski definition) is 5. The molecule has 0 spiro atoms. The van der Waals surface area contributed by atoms with Crippen molar-refractivity contribution < 1.29 is 9.53 Å². The van der Waals surface area contributed by atoms with E-state index in [9.17, 15) is 4.79 Å². The fraction of sp³-hybridized carbons (Fsp3) is 0.524. The van der Waals surface area contributed by atoms with Gasteiger partial charge in [0.1, 0.15) is 10.8 Å². The van der Waals surface area contributed by atoms with Crippen LogP contribution in [0.3, 0.4) is 0 Å². The minimum absolute atomic E-state index is 0. The number of hydrogen-bond donors (Lipinski definition) is 2. The Labute approximate surface area is 176 Å². The van der Waals surface area contributed by atoms with Crippen LogP contribution >= 0.6 is 23.7 Å². The van der Waals surface area contributed by atoms with Gasteiger partial charge in [-0.15, -0.1) is 23.7 Å². The second-order valence-electron chi connectivity index (χ2n) is 7.47. The molecule has 0 saturated carbocycles. The Kier molecular flexibility index (Phi) is 7.32. The van der Waals surface area contributed by atoms with Gasteiger partial charge in [0.25, 0.3) is 0 Å². The molecule has 7 heteroatoms. The predicted octanol–water partition coefficient (Wildman–Crippen LogP) is 4.12. The maximum absolute atomic E-state index is 12.5. The molecule has 5 nitrogen and oxygen atoms in total. The van der Waals surface area contributed by atoms with E-state index in [4.69, 9.17) is 9.72 Å². The summed E-state index contributed by atoms with van der Waals surface area (Å²) in [6.45, 7) is 2.15. The first-order chi connectivity index (χ1) is 13.2. The molecule has 1 fully saturated rings. The van der Waals surface area contributed by atoms with Crippen LogP contribution in [-0.2, 0) is 11.2 Å². The fourth-order valence-corrected chi connectivity index (χ4v) is 5.18. The van der Waals surface area contributed by atoms with E-state index in [2.05, 4.69) is 10.6 Å². The van der Waals surface area contributed by atoms with Crippen LogP contribution in [0, 0.1) is 5.92 Å². The van der Waals surface area contributed by atoms with Gasteiger partial charge in [-0.25, -0.2) is 4.98 Å². The highest BCUT2D eigenvalue weighted by atomic mass is 35.5. The van der Waals surface area contributed by atoms with Crippen LogP contribution in [0.5, 0.6) is 5.75 Å². The van der Waals surface area contributed by atoms with E-state index >= 15 is 0 Å². The van der Waals surface area contributed by atoms with Gasteiger partial charge in [-0.05, 0) is 75.4 Å². The third-order valence-electron chi connectivity index (χ3n) is 5.56. The van der Waals surface area contributed by atoms with Gasteiger partial charge in [-0.1, -0.05) is 0 Å². The number of carbonyl (C=O) groups excluding carboxylic acids is 1. The summed E-state index contributed by atoms with van der Waals surface area (Å²) in [4.78, 5) is 18.6. The maximum atomic E-state index is 12.5. The van der Waals surface area contributed by atoms with Crippen molar-refractivity contribution in [2.24, 2.45) is 5.92 Å². The van der Waals surface area contributed by atoms with Crippen LogP contribution in [0.25, 0.3) is 10.6 Å². The second kappa shape index (κ2) is 9.72. The van der Waals surface area contributed by atoms with Gasteiger partial charge in [0.2, 0.25) is 5.91 Å². The van der Waals surface area contributed by atoms with Crippen LogP contribution in [0.4, 0.5) is 0 Å². The van der Waals surface area contributed by atoms with Crippen molar-refractivity contribution in [1.29, 1.82) is 0 Å². The summed E-state index contributed by atoms with van der Waals surface area (Å²) >= 11 is 1.72. The summed E-state index contributed by atoms with van der Waals surface area (Å²) in [5, 5.41) is 7.67. The monoisotopic (exact) mass is 421 g/mol. The largest absolute Gasteiger partial charge is 0.497 e. The molecule has 2 unspecified atom stereocenters. The molecule has 2 N–H and O–H groups in total. The van der Waals surface area contributed by atoms with Crippen LogP contribution in [-0.4, -0.2) is 31.1 Å². The molecule has 2 heterocycles. The van der Waals surface area contributed by atoms with E-state index < -0.39 is 0 Å². The number of carbonyl (C=O) groups is 1. The van der Waals surface area contributed by atoms with E-state index in [1.165, 1.54) is 11.3 Å². The first kappa shape index (κ1) is 21.1. The molecule has 28 heavy (non-hydrogen) atoms. The number of fused-ring (bicyclic) bond motifs is 1. The number of aromatic nitrogens is 1. The van der Waals surface area contributed by atoms with Gasteiger partial charge in [0.15, 0.2) is 0 Å². The Morgan fingerprint density at radius 2 is 2.14 bits per heavy atom. The standard InChI is InChI=1S/C21H27N3O2S.ClH/c1-26-16-8-6-15(7-9-16)21-24-18-4-2-3-17(20(18)27-21)23-19(25)10-5-14-11-12-22-13-14;/h6-9,14,17,22H,2-5,10-13H2,1H3,(H,23,25);1H. The van der Waals surface area contributed by atoms with Crippen molar-refractivity contribution in [2.45, 2.75) is 44.6 Å². The Balaban J connectivity index is 0.00000225. The molecule has 0 radical (unpaired) electrons. The first-order valence-corrected chi connectivity index (χ1v) is 10.7. The zero-order valence-electron chi connectivity index (χ0n) is 16.2. The zero-order chi connectivity index (χ0) is 18.6. The summed E-state index contributed by atoms with van der Waals surface area (Å²) in [6.07, 6.45) is 5.90. The van der Waals surface area contributed by atoms with E-state index in [1.54, 1.807) is 18.4 Å². The van der Waals surface area contributed by atoms with Crippen molar-refractivity contribution in [1.82, 2.24) is 15.6 Å². The quantitative estimate of drug-likeness (QED) is 0.736. The number of amides is 1. The number of halogens is 1. The number of rotatable bonds is 6. The molecule has 1 aliphatic carbocycles. The molecule has 4 rings (SSSR count). The van der Waals surface area contributed by atoms with Crippen molar-refractivity contribution in [3.05, 3.63) is 34.8 Å². The lowest BCUT2D eigenvalue weighted by Gasteiger charge is -2.22. The van der Waals surface area contributed by atoms with E-state index in [0.29, 0.717) is 12.3 Å². The Morgan fingerprint density at radius 1 is 1.32 bits per heavy atom. The number of aryl methyl sites for hydroxylation is 1. The summed E-state index contributed by atoms with van der Waals surface area (Å²) < 4.78 is 5.24. The molecule has 1 aromatic heterocycles. The van der Waals surface area contributed by atoms with Crippen molar-refractivity contribution in [3.8, 4) is 16.3 Å². The molecule has 1 amide bonds. The molecule has 1 aromatic carbocycles. The molecular weight excluding hydrogens is 394 g/mol. The van der Waals surface area contributed by atoms with Gasteiger partial charge >= 0.3 is 0 Å². The normalized spacial score (nSPS) is 20.9. The molecule has 0 bridgehead atoms. The van der Waals surface area contributed by atoms with Crippen molar-refractivity contribution in [2.75, 3.05) is 20.2 Å². The summed E-state index contributed by atoms with van der Waals surface area (Å²) in [6, 6.07) is 8.14. The molecule has 2 aliphatic rings. The molecule has 2 aromatic rings. The Morgan fingerprint density at radius 3 is 2.86 bits per heavy atom. The number of nitrogens with zero attached hydrogens (tertiary/aromatic N) is 1. The fourth-order valence-electron chi connectivity index (χ4n) is 3.98. The molecule has 1 saturated heterocycles. The predicted molar refractivity (Wildman–Crippen MR) is 115 cm³/mol. The topological polar surface area (TPSA) is 63.2 Å². The highest BCUT2D eigenvalue weighted by Crippen LogP contribution is 2.38. The lowest BCUT2D eigenvalue weighted by Crippen LogP contribution is -2.30. The third-order valence-corrected chi connectivity index (χ3v) is 6.83. The number of nitrogens with one attached hydrogen (secondary N) is 2.